The van der Waals surface area contributed by atoms with Crippen molar-refractivity contribution in [3.63, 3.8) is 0 Å². The third-order valence-electron chi connectivity index (χ3n) is 4.86. The number of hydrogen-bond acceptors (Lipinski definition) is 5. The molecule has 23 heavy (non-hydrogen) atoms. The van der Waals surface area contributed by atoms with Gasteiger partial charge in [0.1, 0.15) is 11.6 Å². The summed E-state index contributed by atoms with van der Waals surface area (Å²) >= 11 is 0. The molecule has 5 heteroatoms. The van der Waals surface area contributed by atoms with Crippen molar-refractivity contribution < 1.29 is 5.11 Å². The van der Waals surface area contributed by atoms with E-state index in [-0.39, 0.29) is 5.75 Å². The standard InChI is InChI=1S/C18H22N4O/c23-15-6-4-13(5-7-15)17-16(22-10-8-19-9-11-22)12-20-18(21-17)14-2-1-3-14/h4-7,12,14,19,23H,1-3,8-11H2. The maximum atomic E-state index is 9.56. The molecule has 5 nitrogen and oxygen atoms in total. The molecule has 0 unspecified atom stereocenters. The van der Waals surface area contributed by atoms with Gasteiger partial charge in [-0.2, -0.15) is 0 Å². The Morgan fingerprint density at radius 3 is 2.48 bits per heavy atom. The van der Waals surface area contributed by atoms with Crippen LogP contribution in [-0.4, -0.2) is 41.3 Å². The predicted octanol–water partition coefficient (Wildman–Crippen LogP) is 2.53. The molecule has 0 bridgehead atoms. The van der Waals surface area contributed by atoms with Gasteiger partial charge in [0.05, 0.1) is 17.6 Å². The molecule has 0 radical (unpaired) electrons. The number of phenolic OH excluding ortho intramolecular Hbond substituents is 1. The molecule has 1 aliphatic heterocycles. The van der Waals surface area contributed by atoms with Gasteiger partial charge in [-0.1, -0.05) is 6.42 Å². The van der Waals surface area contributed by atoms with Crippen LogP contribution in [0.3, 0.4) is 0 Å². The van der Waals surface area contributed by atoms with Gasteiger partial charge >= 0.3 is 0 Å². The molecule has 0 amide bonds. The van der Waals surface area contributed by atoms with Gasteiger partial charge in [-0.3, -0.25) is 0 Å². The zero-order valence-electron chi connectivity index (χ0n) is 13.2. The van der Waals surface area contributed by atoms with Crippen molar-refractivity contribution in [3.8, 4) is 17.0 Å². The third-order valence-corrected chi connectivity index (χ3v) is 4.86. The van der Waals surface area contributed by atoms with Crippen LogP contribution in [0.2, 0.25) is 0 Å². The molecule has 2 aromatic rings. The summed E-state index contributed by atoms with van der Waals surface area (Å²) in [4.78, 5) is 11.9. The lowest BCUT2D eigenvalue weighted by atomic mass is 9.85. The average Bonchev–Trinajstić information content (AvgIpc) is 2.55. The third kappa shape index (κ3) is 2.88. The van der Waals surface area contributed by atoms with Crippen LogP contribution < -0.4 is 10.2 Å². The minimum absolute atomic E-state index is 0.283. The summed E-state index contributed by atoms with van der Waals surface area (Å²) in [5.41, 5.74) is 3.13. The molecule has 2 aliphatic rings. The highest BCUT2D eigenvalue weighted by Crippen LogP contribution is 2.37. The van der Waals surface area contributed by atoms with Gasteiger partial charge in [0.2, 0.25) is 0 Å². The van der Waals surface area contributed by atoms with Crippen molar-refractivity contribution in [2.45, 2.75) is 25.2 Å². The number of piperazine rings is 1. The quantitative estimate of drug-likeness (QED) is 0.912. The van der Waals surface area contributed by atoms with Gasteiger partial charge in [0.25, 0.3) is 0 Å². The molecule has 0 atom stereocenters. The summed E-state index contributed by atoms with van der Waals surface area (Å²) in [7, 11) is 0. The van der Waals surface area contributed by atoms with Crippen LogP contribution in [0.15, 0.2) is 30.5 Å². The van der Waals surface area contributed by atoms with Gasteiger partial charge in [-0.05, 0) is 37.1 Å². The maximum Gasteiger partial charge on any atom is 0.132 e. The minimum atomic E-state index is 0.283. The fraction of sp³-hybridized carbons (Fsp3) is 0.444. The van der Waals surface area contributed by atoms with Crippen molar-refractivity contribution >= 4 is 5.69 Å². The lowest BCUT2D eigenvalue weighted by molar-refractivity contribution is 0.401. The van der Waals surface area contributed by atoms with Crippen molar-refractivity contribution in [1.82, 2.24) is 15.3 Å². The summed E-state index contributed by atoms with van der Waals surface area (Å²) < 4.78 is 0. The number of hydrogen-bond donors (Lipinski definition) is 2. The Hall–Kier alpha value is -2.14. The average molecular weight is 310 g/mol. The second-order valence-electron chi connectivity index (χ2n) is 6.37. The number of nitrogens with one attached hydrogen (secondary N) is 1. The Labute approximate surface area is 136 Å². The normalized spacial score (nSPS) is 18.7. The number of aromatic nitrogens is 2. The highest BCUT2D eigenvalue weighted by molar-refractivity contribution is 5.75. The molecule has 1 saturated carbocycles. The Kier molecular flexibility index (Phi) is 3.87. The van der Waals surface area contributed by atoms with Crippen LogP contribution in [0.5, 0.6) is 5.75 Å². The molecule has 1 aromatic carbocycles. The smallest absolute Gasteiger partial charge is 0.132 e. The second kappa shape index (κ2) is 6.16. The van der Waals surface area contributed by atoms with E-state index < -0.39 is 0 Å². The molecule has 1 aromatic heterocycles. The van der Waals surface area contributed by atoms with E-state index in [1.165, 1.54) is 19.3 Å². The number of aromatic hydroxyl groups is 1. The summed E-state index contributed by atoms with van der Waals surface area (Å²) in [6.07, 6.45) is 5.67. The molecular formula is C18H22N4O. The first-order valence-corrected chi connectivity index (χ1v) is 8.43. The highest BCUT2D eigenvalue weighted by Gasteiger charge is 2.25. The van der Waals surface area contributed by atoms with Crippen LogP contribution in [0, 0.1) is 0 Å². The minimum Gasteiger partial charge on any atom is -0.508 e. The summed E-state index contributed by atoms with van der Waals surface area (Å²) in [5.74, 6) is 1.77. The van der Waals surface area contributed by atoms with Gasteiger partial charge in [-0.15, -0.1) is 0 Å². The van der Waals surface area contributed by atoms with E-state index in [9.17, 15) is 5.11 Å². The number of benzene rings is 1. The Morgan fingerprint density at radius 1 is 1.09 bits per heavy atom. The topological polar surface area (TPSA) is 61.3 Å². The van der Waals surface area contributed by atoms with Crippen molar-refractivity contribution in [1.29, 1.82) is 0 Å². The Bertz CT molecular complexity index is 676. The van der Waals surface area contributed by atoms with E-state index in [2.05, 4.69) is 15.2 Å². The number of rotatable bonds is 3. The Morgan fingerprint density at radius 2 is 1.83 bits per heavy atom. The molecule has 1 saturated heterocycles. The molecule has 0 spiro atoms. The number of anilines is 1. The number of nitrogens with zero attached hydrogens (tertiary/aromatic N) is 3. The zero-order valence-corrected chi connectivity index (χ0v) is 13.2. The lowest BCUT2D eigenvalue weighted by Crippen LogP contribution is -2.43. The van der Waals surface area contributed by atoms with E-state index >= 15 is 0 Å². The largest absolute Gasteiger partial charge is 0.508 e. The summed E-state index contributed by atoms with van der Waals surface area (Å²) in [6, 6.07) is 7.33. The van der Waals surface area contributed by atoms with E-state index in [0.717, 1.165) is 48.9 Å². The molecule has 1 aliphatic carbocycles. The zero-order chi connectivity index (χ0) is 15.6. The van der Waals surface area contributed by atoms with Crippen molar-refractivity contribution in [3.05, 3.63) is 36.3 Å². The highest BCUT2D eigenvalue weighted by atomic mass is 16.3. The lowest BCUT2D eigenvalue weighted by Gasteiger charge is -2.31. The molecule has 2 fully saturated rings. The molecule has 4 rings (SSSR count). The number of phenols is 1. The first-order valence-electron chi connectivity index (χ1n) is 8.43. The first kappa shape index (κ1) is 14.5. The monoisotopic (exact) mass is 310 g/mol. The van der Waals surface area contributed by atoms with E-state index in [4.69, 9.17) is 4.98 Å². The maximum absolute atomic E-state index is 9.56. The molecule has 2 N–H and O–H groups in total. The summed E-state index contributed by atoms with van der Waals surface area (Å²) in [6.45, 7) is 3.91. The molecular weight excluding hydrogens is 288 g/mol. The van der Waals surface area contributed by atoms with E-state index in [1.54, 1.807) is 12.1 Å². The fourth-order valence-electron chi connectivity index (χ4n) is 3.22. The SMILES string of the molecule is Oc1ccc(-c2nc(C3CCC3)ncc2N2CCNCC2)cc1. The van der Waals surface area contributed by atoms with Crippen molar-refractivity contribution in [2.24, 2.45) is 0 Å². The molecule has 2 heterocycles. The molecule has 120 valence electrons. The van der Waals surface area contributed by atoms with E-state index in [0.29, 0.717) is 5.92 Å². The van der Waals surface area contributed by atoms with Crippen LogP contribution in [0.4, 0.5) is 5.69 Å². The van der Waals surface area contributed by atoms with Crippen LogP contribution >= 0.6 is 0 Å². The first-order chi connectivity index (χ1) is 11.3. The predicted molar refractivity (Wildman–Crippen MR) is 90.8 cm³/mol. The van der Waals surface area contributed by atoms with Crippen LogP contribution in [0.1, 0.15) is 31.0 Å². The second-order valence-corrected chi connectivity index (χ2v) is 6.37. The fourth-order valence-corrected chi connectivity index (χ4v) is 3.22. The summed E-state index contributed by atoms with van der Waals surface area (Å²) in [5, 5.41) is 12.9. The van der Waals surface area contributed by atoms with Gasteiger partial charge < -0.3 is 15.3 Å². The van der Waals surface area contributed by atoms with Crippen LogP contribution in [-0.2, 0) is 0 Å². The van der Waals surface area contributed by atoms with Gasteiger partial charge in [0.15, 0.2) is 0 Å². The van der Waals surface area contributed by atoms with Gasteiger partial charge in [-0.25, -0.2) is 9.97 Å². The van der Waals surface area contributed by atoms with E-state index in [1.807, 2.05) is 18.3 Å². The Balaban J connectivity index is 1.75. The van der Waals surface area contributed by atoms with Crippen LogP contribution in [0.25, 0.3) is 11.3 Å². The van der Waals surface area contributed by atoms with Gasteiger partial charge in [0, 0.05) is 37.7 Å². The van der Waals surface area contributed by atoms with Crippen molar-refractivity contribution in [2.75, 3.05) is 31.1 Å².